The van der Waals surface area contributed by atoms with Crippen LogP contribution < -0.4 is 0 Å². The maximum Gasteiger partial charge on any atom is 0.490 e. The fraction of sp³-hybridized carbons (Fsp3) is 0.591. The fourth-order valence-corrected chi connectivity index (χ4v) is 4.15. The Hall–Kier alpha value is -3.07. The van der Waals surface area contributed by atoms with Crippen molar-refractivity contribution in [2.45, 2.75) is 44.7 Å². The normalized spacial score (nSPS) is 18.0. The van der Waals surface area contributed by atoms with Crippen molar-refractivity contribution in [1.82, 2.24) is 19.4 Å². The number of carboxylic acids is 2. The van der Waals surface area contributed by atoms with Crippen molar-refractivity contribution in [2.75, 3.05) is 26.2 Å². The second kappa shape index (κ2) is 12.4. The summed E-state index contributed by atoms with van der Waals surface area (Å²) in [6.45, 7) is 6.89. The van der Waals surface area contributed by atoms with E-state index in [0.717, 1.165) is 13.1 Å². The molecule has 37 heavy (non-hydrogen) atoms. The number of rotatable bonds is 4. The van der Waals surface area contributed by atoms with E-state index in [1.807, 2.05) is 18.7 Å². The van der Waals surface area contributed by atoms with Crippen molar-refractivity contribution in [3.8, 4) is 0 Å². The van der Waals surface area contributed by atoms with Crippen LogP contribution in [0.25, 0.3) is 0 Å². The molecule has 2 aromatic heterocycles. The van der Waals surface area contributed by atoms with Gasteiger partial charge in [0.1, 0.15) is 5.82 Å². The maximum atomic E-state index is 10.6. The molecule has 2 saturated heterocycles. The third kappa shape index (κ3) is 9.72. The first-order valence-electron chi connectivity index (χ1n) is 11.1. The molecule has 4 heterocycles. The molecule has 2 aliphatic heterocycles. The SMILES string of the molecule is Cn1ccnc1CN1CCC2(CC1)CCN(Cc1ccoc1)C2.O=C(O)C(F)(F)F.O=C(O)C(F)(F)F. The zero-order valence-electron chi connectivity index (χ0n) is 19.9. The molecule has 9 nitrogen and oxygen atoms in total. The molecule has 4 rings (SSSR count). The van der Waals surface area contributed by atoms with Crippen LogP contribution >= 0.6 is 0 Å². The average Bonchev–Trinajstić information content (AvgIpc) is 3.53. The zero-order valence-corrected chi connectivity index (χ0v) is 19.9. The smallest absolute Gasteiger partial charge is 0.475 e. The molecule has 0 atom stereocenters. The molecular formula is C22H28F6N4O5. The largest absolute Gasteiger partial charge is 0.490 e. The van der Waals surface area contributed by atoms with Gasteiger partial charge in [-0.25, -0.2) is 14.6 Å². The predicted molar refractivity (Wildman–Crippen MR) is 116 cm³/mol. The first kappa shape index (κ1) is 30.2. The van der Waals surface area contributed by atoms with Gasteiger partial charge in [-0.15, -0.1) is 0 Å². The number of aryl methyl sites for hydroxylation is 1. The number of likely N-dealkylation sites (tertiary alicyclic amines) is 2. The van der Waals surface area contributed by atoms with Gasteiger partial charge in [-0.05, 0) is 50.4 Å². The van der Waals surface area contributed by atoms with E-state index in [-0.39, 0.29) is 0 Å². The van der Waals surface area contributed by atoms with Crippen LogP contribution in [0.5, 0.6) is 0 Å². The molecule has 1 spiro atoms. The summed E-state index contributed by atoms with van der Waals surface area (Å²) in [4.78, 5) is 27.4. The average molecular weight is 542 g/mol. The number of carboxylic acid groups (broad SMARTS) is 2. The summed E-state index contributed by atoms with van der Waals surface area (Å²) in [5.74, 6) is -4.34. The zero-order chi connectivity index (χ0) is 27.9. The van der Waals surface area contributed by atoms with E-state index in [4.69, 9.17) is 24.2 Å². The van der Waals surface area contributed by atoms with Crippen molar-refractivity contribution in [2.24, 2.45) is 12.5 Å². The Morgan fingerprint density at radius 3 is 1.89 bits per heavy atom. The number of furan rings is 1. The molecule has 0 unspecified atom stereocenters. The van der Waals surface area contributed by atoms with Crippen LogP contribution in [0.3, 0.4) is 0 Å². The maximum absolute atomic E-state index is 10.6. The second-order valence-corrected chi connectivity index (χ2v) is 8.93. The predicted octanol–water partition coefficient (Wildman–Crippen LogP) is 3.77. The third-order valence-electron chi connectivity index (χ3n) is 6.19. The van der Waals surface area contributed by atoms with Gasteiger partial charge in [0.25, 0.3) is 0 Å². The summed E-state index contributed by atoms with van der Waals surface area (Å²) in [6, 6.07) is 2.08. The standard InChI is InChI=1S/C18H26N4O.2C2HF3O2/c1-20-10-6-19-17(20)13-21-7-3-18(4-8-21)5-9-22(15-18)12-16-2-11-23-14-16;2*3-2(4,5)1(6)7/h2,6,10-11,14H,3-5,7-9,12-13,15H2,1H3;2*(H,6,7). The Labute approximate surface area is 208 Å². The van der Waals surface area contributed by atoms with Gasteiger partial charge in [-0.3, -0.25) is 9.80 Å². The van der Waals surface area contributed by atoms with Gasteiger partial charge in [-0.1, -0.05) is 0 Å². The summed E-state index contributed by atoms with van der Waals surface area (Å²) >= 11 is 0. The number of halogens is 6. The van der Waals surface area contributed by atoms with Crippen molar-refractivity contribution in [3.05, 3.63) is 42.4 Å². The highest BCUT2D eigenvalue weighted by molar-refractivity contribution is 5.73. The summed E-state index contributed by atoms with van der Waals surface area (Å²) in [7, 11) is 2.08. The van der Waals surface area contributed by atoms with Gasteiger partial charge >= 0.3 is 24.3 Å². The van der Waals surface area contributed by atoms with Crippen LogP contribution in [-0.2, 0) is 29.7 Å². The lowest BCUT2D eigenvalue weighted by Crippen LogP contribution is -2.41. The molecule has 2 aliphatic rings. The molecular weight excluding hydrogens is 514 g/mol. The Morgan fingerprint density at radius 1 is 0.973 bits per heavy atom. The van der Waals surface area contributed by atoms with Gasteiger partial charge in [0.2, 0.25) is 0 Å². The highest BCUT2D eigenvalue weighted by Crippen LogP contribution is 2.41. The number of hydrogen-bond donors (Lipinski definition) is 2. The number of piperidine rings is 1. The summed E-state index contributed by atoms with van der Waals surface area (Å²) in [5, 5.41) is 14.2. The van der Waals surface area contributed by atoms with E-state index >= 15 is 0 Å². The Kier molecular flexibility index (Phi) is 10.1. The first-order valence-corrected chi connectivity index (χ1v) is 11.1. The van der Waals surface area contributed by atoms with E-state index in [9.17, 15) is 26.3 Å². The van der Waals surface area contributed by atoms with Gasteiger partial charge < -0.3 is 19.2 Å². The van der Waals surface area contributed by atoms with E-state index in [1.165, 1.54) is 56.8 Å². The minimum atomic E-state index is -5.08. The minimum absolute atomic E-state index is 0.544. The number of hydrogen-bond acceptors (Lipinski definition) is 6. The Bertz CT molecular complexity index is 974. The lowest BCUT2D eigenvalue weighted by molar-refractivity contribution is -0.193. The highest BCUT2D eigenvalue weighted by Gasteiger charge is 2.41. The molecule has 0 aromatic carbocycles. The van der Waals surface area contributed by atoms with E-state index in [0.29, 0.717) is 5.41 Å². The van der Waals surface area contributed by atoms with Crippen molar-refractivity contribution in [3.63, 3.8) is 0 Å². The van der Waals surface area contributed by atoms with Crippen LogP contribution in [-0.4, -0.2) is 80.0 Å². The number of aromatic nitrogens is 2. The van der Waals surface area contributed by atoms with Crippen molar-refractivity contribution < 1.29 is 50.6 Å². The molecule has 0 saturated carbocycles. The summed E-state index contributed by atoms with van der Waals surface area (Å²) in [6.07, 6.45) is 1.40. The lowest BCUT2D eigenvalue weighted by Gasteiger charge is -2.39. The van der Waals surface area contributed by atoms with Crippen molar-refractivity contribution >= 4 is 11.9 Å². The quantitative estimate of drug-likeness (QED) is 0.562. The van der Waals surface area contributed by atoms with Gasteiger partial charge in [-0.2, -0.15) is 26.3 Å². The van der Waals surface area contributed by atoms with E-state index in [2.05, 4.69) is 32.5 Å². The number of nitrogens with zero attached hydrogens (tertiary/aromatic N) is 4. The van der Waals surface area contributed by atoms with Crippen LogP contribution in [0.4, 0.5) is 26.3 Å². The number of aliphatic carboxylic acids is 2. The van der Waals surface area contributed by atoms with Crippen LogP contribution in [0.1, 0.15) is 30.7 Å². The van der Waals surface area contributed by atoms with Gasteiger partial charge in [0.05, 0.1) is 19.1 Å². The topological polar surface area (TPSA) is 112 Å². The fourth-order valence-electron chi connectivity index (χ4n) is 4.15. The summed E-state index contributed by atoms with van der Waals surface area (Å²) < 4.78 is 70.8. The second-order valence-electron chi connectivity index (χ2n) is 8.93. The molecule has 208 valence electrons. The third-order valence-corrected chi connectivity index (χ3v) is 6.19. The van der Waals surface area contributed by atoms with Gasteiger partial charge in [0.15, 0.2) is 0 Å². The highest BCUT2D eigenvalue weighted by atomic mass is 19.4. The molecule has 2 fully saturated rings. The molecule has 0 amide bonds. The molecule has 2 aromatic rings. The molecule has 0 radical (unpaired) electrons. The van der Waals surface area contributed by atoms with Crippen LogP contribution in [0.15, 0.2) is 35.4 Å². The molecule has 0 aliphatic carbocycles. The Morgan fingerprint density at radius 2 is 1.49 bits per heavy atom. The van der Waals surface area contributed by atoms with Crippen molar-refractivity contribution in [1.29, 1.82) is 0 Å². The molecule has 0 bridgehead atoms. The van der Waals surface area contributed by atoms with E-state index < -0.39 is 24.3 Å². The first-order chi connectivity index (χ1) is 17.1. The number of alkyl halides is 6. The van der Waals surface area contributed by atoms with Crippen LogP contribution in [0.2, 0.25) is 0 Å². The Balaban J connectivity index is 0.000000286. The molecule has 2 N–H and O–H groups in total. The monoisotopic (exact) mass is 542 g/mol. The number of carbonyl (C=O) groups is 2. The summed E-state index contributed by atoms with van der Waals surface area (Å²) in [5.41, 5.74) is 1.84. The molecule has 15 heteroatoms. The minimum Gasteiger partial charge on any atom is -0.475 e. The number of imidazole rings is 1. The van der Waals surface area contributed by atoms with Gasteiger partial charge in [0, 0.05) is 38.1 Å². The van der Waals surface area contributed by atoms with E-state index in [1.54, 1.807) is 6.26 Å². The van der Waals surface area contributed by atoms with Crippen LogP contribution in [0, 0.1) is 5.41 Å². The lowest BCUT2D eigenvalue weighted by atomic mass is 9.78.